The van der Waals surface area contributed by atoms with Gasteiger partial charge in [-0.3, -0.25) is 10.1 Å². The predicted molar refractivity (Wildman–Crippen MR) is 61.7 cm³/mol. The molecule has 1 aliphatic carbocycles. The van der Waals surface area contributed by atoms with E-state index in [1.165, 1.54) is 12.8 Å². The maximum absolute atomic E-state index is 11.4. The first-order valence-corrected chi connectivity index (χ1v) is 5.85. The fraction of sp³-hybridized carbons (Fsp3) is 0.818. The smallest absolute Gasteiger partial charge is 0.318 e. The Labute approximate surface area is 96.1 Å². The van der Waals surface area contributed by atoms with Gasteiger partial charge in [0.1, 0.15) is 0 Å². The Hall–Kier alpha value is -1.10. The lowest BCUT2D eigenvalue weighted by atomic mass is 9.87. The molecule has 0 aromatic carbocycles. The number of nitrogens with two attached hydrogens (primary N) is 1. The molecule has 1 rings (SSSR count). The molecule has 1 atom stereocenters. The fourth-order valence-electron chi connectivity index (χ4n) is 2.09. The minimum atomic E-state index is -0.795. The Kier molecular flexibility index (Phi) is 4.73. The van der Waals surface area contributed by atoms with Crippen molar-refractivity contribution in [1.29, 1.82) is 0 Å². The number of primary amides is 1. The van der Waals surface area contributed by atoms with Crippen molar-refractivity contribution >= 4 is 11.9 Å². The summed E-state index contributed by atoms with van der Waals surface area (Å²) in [7, 11) is 0. The highest BCUT2D eigenvalue weighted by atomic mass is 16.2. The van der Waals surface area contributed by atoms with Gasteiger partial charge in [-0.25, -0.2) is 4.79 Å². The van der Waals surface area contributed by atoms with E-state index in [1.807, 2.05) is 0 Å². The summed E-state index contributed by atoms with van der Waals surface area (Å²) in [5.74, 6) is 0.430. The highest BCUT2D eigenvalue weighted by molar-refractivity contribution is 5.96. The first kappa shape index (κ1) is 13.0. The summed E-state index contributed by atoms with van der Waals surface area (Å²) in [5.41, 5.74) is 4.88. The Morgan fingerprint density at radius 3 is 2.31 bits per heavy atom. The molecule has 0 heterocycles. The maximum Gasteiger partial charge on any atom is 0.318 e. The van der Waals surface area contributed by atoms with Gasteiger partial charge in [0, 0.05) is 6.04 Å². The van der Waals surface area contributed by atoms with Gasteiger partial charge < -0.3 is 11.1 Å². The van der Waals surface area contributed by atoms with Crippen molar-refractivity contribution in [2.75, 3.05) is 0 Å². The standard InChI is InChI=1S/C11H21N3O2/c1-7-3-5-9(6-4-7)13-8(2)10(15)14-11(12)16/h7-9,13H,3-6H2,1-2H3,(H3,12,14,15,16). The molecule has 0 saturated heterocycles. The number of amides is 3. The zero-order valence-electron chi connectivity index (χ0n) is 9.95. The monoisotopic (exact) mass is 227 g/mol. The normalized spacial score (nSPS) is 27.1. The van der Waals surface area contributed by atoms with Crippen LogP contribution in [0.25, 0.3) is 0 Å². The van der Waals surface area contributed by atoms with Crippen LogP contribution in [0.3, 0.4) is 0 Å². The van der Waals surface area contributed by atoms with Crippen LogP contribution in [0.1, 0.15) is 39.5 Å². The quantitative estimate of drug-likeness (QED) is 0.664. The number of nitrogens with one attached hydrogen (secondary N) is 2. The second-order valence-electron chi connectivity index (χ2n) is 4.70. The molecule has 0 bridgehead atoms. The van der Waals surface area contributed by atoms with Crippen molar-refractivity contribution in [3.8, 4) is 0 Å². The number of hydrogen-bond acceptors (Lipinski definition) is 3. The van der Waals surface area contributed by atoms with Crippen LogP contribution in [-0.4, -0.2) is 24.0 Å². The van der Waals surface area contributed by atoms with Crippen LogP contribution < -0.4 is 16.4 Å². The van der Waals surface area contributed by atoms with E-state index in [0.29, 0.717) is 6.04 Å². The predicted octanol–water partition coefficient (Wildman–Crippen LogP) is 0.738. The van der Waals surface area contributed by atoms with Crippen molar-refractivity contribution in [2.45, 2.75) is 51.6 Å². The van der Waals surface area contributed by atoms with Crippen molar-refractivity contribution in [3.63, 3.8) is 0 Å². The molecule has 3 amide bonds. The third-order valence-electron chi connectivity index (χ3n) is 3.14. The van der Waals surface area contributed by atoms with Gasteiger partial charge in [-0.15, -0.1) is 0 Å². The van der Waals surface area contributed by atoms with E-state index in [4.69, 9.17) is 5.73 Å². The van der Waals surface area contributed by atoms with E-state index in [2.05, 4.69) is 17.6 Å². The maximum atomic E-state index is 11.4. The molecular weight excluding hydrogens is 206 g/mol. The van der Waals surface area contributed by atoms with Crippen LogP contribution >= 0.6 is 0 Å². The van der Waals surface area contributed by atoms with Crippen LogP contribution in [0.15, 0.2) is 0 Å². The van der Waals surface area contributed by atoms with Crippen molar-refractivity contribution < 1.29 is 9.59 Å². The first-order chi connectivity index (χ1) is 7.49. The lowest BCUT2D eigenvalue weighted by molar-refractivity contribution is -0.121. The molecule has 0 aromatic rings. The summed E-state index contributed by atoms with van der Waals surface area (Å²) < 4.78 is 0. The second kappa shape index (κ2) is 5.84. The van der Waals surface area contributed by atoms with Gasteiger partial charge in [0.05, 0.1) is 6.04 Å². The summed E-state index contributed by atoms with van der Waals surface area (Å²) in [4.78, 5) is 21.9. The van der Waals surface area contributed by atoms with Crippen LogP contribution in [0.2, 0.25) is 0 Å². The van der Waals surface area contributed by atoms with E-state index in [1.54, 1.807) is 6.92 Å². The van der Waals surface area contributed by atoms with Gasteiger partial charge in [-0.05, 0) is 38.5 Å². The zero-order chi connectivity index (χ0) is 12.1. The number of carbonyl (C=O) groups excluding carboxylic acids is 2. The average molecular weight is 227 g/mol. The van der Waals surface area contributed by atoms with E-state index < -0.39 is 6.03 Å². The lowest BCUT2D eigenvalue weighted by Gasteiger charge is -2.29. The Bertz CT molecular complexity index is 260. The van der Waals surface area contributed by atoms with Crippen molar-refractivity contribution in [3.05, 3.63) is 0 Å². The Morgan fingerprint density at radius 2 is 1.81 bits per heavy atom. The lowest BCUT2D eigenvalue weighted by Crippen LogP contribution is -2.50. The fourth-order valence-corrected chi connectivity index (χ4v) is 2.09. The highest BCUT2D eigenvalue weighted by Gasteiger charge is 2.22. The van der Waals surface area contributed by atoms with Crippen molar-refractivity contribution in [2.24, 2.45) is 11.7 Å². The van der Waals surface area contributed by atoms with Gasteiger partial charge in [0.2, 0.25) is 5.91 Å². The first-order valence-electron chi connectivity index (χ1n) is 5.85. The second-order valence-corrected chi connectivity index (χ2v) is 4.70. The minimum absolute atomic E-state index is 0.355. The molecule has 1 unspecified atom stereocenters. The van der Waals surface area contributed by atoms with E-state index in [0.717, 1.165) is 18.8 Å². The van der Waals surface area contributed by atoms with Crippen molar-refractivity contribution in [1.82, 2.24) is 10.6 Å². The molecule has 92 valence electrons. The molecular formula is C11H21N3O2. The summed E-state index contributed by atoms with van der Waals surface area (Å²) in [6.07, 6.45) is 4.58. The third-order valence-corrected chi connectivity index (χ3v) is 3.14. The highest BCUT2D eigenvalue weighted by Crippen LogP contribution is 2.23. The topological polar surface area (TPSA) is 84.2 Å². The molecule has 0 aliphatic heterocycles. The molecule has 1 saturated carbocycles. The molecule has 0 aromatic heterocycles. The number of carbonyl (C=O) groups is 2. The zero-order valence-corrected chi connectivity index (χ0v) is 9.95. The van der Waals surface area contributed by atoms with Gasteiger partial charge in [0.15, 0.2) is 0 Å². The molecule has 1 fully saturated rings. The van der Waals surface area contributed by atoms with E-state index in [-0.39, 0.29) is 11.9 Å². The molecule has 1 aliphatic rings. The Balaban J connectivity index is 2.30. The number of imide groups is 1. The summed E-state index contributed by atoms with van der Waals surface area (Å²) in [6.45, 7) is 4.00. The van der Waals surface area contributed by atoms with Crippen LogP contribution in [0.4, 0.5) is 4.79 Å². The van der Waals surface area contributed by atoms with Crippen LogP contribution in [-0.2, 0) is 4.79 Å². The summed E-state index contributed by atoms with van der Waals surface area (Å²) >= 11 is 0. The average Bonchev–Trinajstić information content (AvgIpc) is 2.20. The molecule has 0 spiro atoms. The molecule has 5 nitrogen and oxygen atoms in total. The molecule has 4 N–H and O–H groups in total. The van der Waals surface area contributed by atoms with Crippen LogP contribution in [0, 0.1) is 5.92 Å². The largest absolute Gasteiger partial charge is 0.351 e. The number of hydrogen-bond donors (Lipinski definition) is 3. The third kappa shape index (κ3) is 4.18. The van der Waals surface area contributed by atoms with E-state index in [9.17, 15) is 9.59 Å². The Morgan fingerprint density at radius 1 is 1.25 bits per heavy atom. The summed E-state index contributed by atoms with van der Waals surface area (Å²) in [5, 5.41) is 5.30. The van der Waals surface area contributed by atoms with Gasteiger partial charge in [-0.1, -0.05) is 6.92 Å². The van der Waals surface area contributed by atoms with Gasteiger partial charge in [0.25, 0.3) is 0 Å². The minimum Gasteiger partial charge on any atom is -0.351 e. The SMILES string of the molecule is CC1CCC(NC(C)C(=O)NC(N)=O)CC1. The molecule has 0 radical (unpaired) electrons. The number of rotatable bonds is 3. The number of urea groups is 1. The van der Waals surface area contributed by atoms with E-state index >= 15 is 0 Å². The molecule has 16 heavy (non-hydrogen) atoms. The van der Waals surface area contributed by atoms with Gasteiger partial charge in [-0.2, -0.15) is 0 Å². The molecule has 5 heteroatoms. The summed E-state index contributed by atoms with van der Waals surface area (Å²) in [6, 6.07) is -0.786. The van der Waals surface area contributed by atoms with Crippen LogP contribution in [0.5, 0.6) is 0 Å². The van der Waals surface area contributed by atoms with Gasteiger partial charge >= 0.3 is 6.03 Å².